The topological polar surface area (TPSA) is 53.7 Å². The number of rotatable bonds is 8. The molecular weight excluding hydrogens is 321 g/mol. The van der Waals surface area contributed by atoms with E-state index in [1.807, 2.05) is 0 Å². The van der Waals surface area contributed by atoms with Crippen molar-refractivity contribution in [2.24, 2.45) is 0 Å². The van der Waals surface area contributed by atoms with E-state index in [-0.39, 0.29) is 0 Å². The quantitative estimate of drug-likeness (QED) is 0.584. The molecule has 0 aromatic heterocycles. The molecule has 6 heteroatoms. The normalized spacial score (nSPS) is 10.6. The lowest BCUT2D eigenvalue weighted by Gasteiger charge is -2.11. The highest BCUT2D eigenvalue weighted by molar-refractivity contribution is 9.10. The smallest absolute Gasteiger partial charge is 0.156 e. The molecule has 0 spiro atoms. The molecule has 4 nitrogen and oxygen atoms in total. The summed E-state index contributed by atoms with van der Waals surface area (Å²) in [6, 6.07) is 3.42. The van der Waals surface area contributed by atoms with Crippen LogP contribution in [0.15, 0.2) is 16.6 Å². The maximum Gasteiger partial charge on any atom is 0.156 e. The van der Waals surface area contributed by atoms with Crippen molar-refractivity contribution in [3.63, 3.8) is 0 Å². The van der Waals surface area contributed by atoms with Crippen molar-refractivity contribution in [2.75, 3.05) is 39.3 Å². The van der Waals surface area contributed by atoms with Gasteiger partial charge in [-0.05, 0) is 28.1 Å². The van der Waals surface area contributed by atoms with Crippen LogP contribution >= 0.6 is 27.5 Å². The predicted octanol–water partition coefficient (Wildman–Crippen LogP) is 3.12. The molecule has 102 valence electrons. The van der Waals surface area contributed by atoms with E-state index in [1.54, 1.807) is 19.2 Å². The van der Waals surface area contributed by atoms with Crippen molar-refractivity contribution in [3.8, 4) is 5.75 Å². The van der Waals surface area contributed by atoms with E-state index >= 15 is 0 Å². The van der Waals surface area contributed by atoms with Gasteiger partial charge in [0.25, 0.3) is 0 Å². The molecule has 0 fully saturated rings. The Morgan fingerprint density at radius 2 is 2.00 bits per heavy atom. The number of ether oxygens (including phenoxy) is 3. The van der Waals surface area contributed by atoms with Gasteiger partial charge in [-0.15, -0.1) is 0 Å². The summed E-state index contributed by atoms with van der Waals surface area (Å²) in [5.41, 5.74) is 6.34. The van der Waals surface area contributed by atoms with Crippen LogP contribution in [0.2, 0.25) is 5.02 Å². The van der Waals surface area contributed by atoms with Crippen molar-refractivity contribution >= 4 is 33.2 Å². The van der Waals surface area contributed by atoms with Gasteiger partial charge in [0, 0.05) is 25.2 Å². The number of benzene rings is 1. The number of anilines is 1. The van der Waals surface area contributed by atoms with Crippen molar-refractivity contribution < 1.29 is 14.2 Å². The molecule has 0 unspecified atom stereocenters. The molecule has 0 aliphatic heterocycles. The monoisotopic (exact) mass is 337 g/mol. The molecular formula is C12H17BrClNO3. The molecule has 0 aliphatic rings. The molecule has 0 aliphatic carbocycles. The highest BCUT2D eigenvalue weighted by Crippen LogP contribution is 2.34. The summed E-state index contributed by atoms with van der Waals surface area (Å²) in [4.78, 5) is 0. The van der Waals surface area contributed by atoms with Gasteiger partial charge < -0.3 is 19.9 Å². The minimum Gasteiger partial charge on any atom is -0.490 e. The van der Waals surface area contributed by atoms with E-state index in [1.165, 1.54) is 0 Å². The Labute approximate surface area is 120 Å². The molecule has 0 amide bonds. The fraction of sp³-hybridized carbons (Fsp3) is 0.500. The van der Waals surface area contributed by atoms with Crippen LogP contribution < -0.4 is 10.5 Å². The Morgan fingerprint density at radius 1 is 1.22 bits per heavy atom. The van der Waals surface area contributed by atoms with E-state index < -0.39 is 0 Å². The van der Waals surface area contributed by atoms with Crippen LogP contribution in [0.4, 0.5) is 5.69 Å². The summed E-state index contributed by atoms with van der Waals surface area (Å²) < 4.78 is 16.5. The van der Waals surface area contributed by atoms with E-state index in [4.69, 9.17) is 31.5 Å². The minimum absolute atomic E-state index is 0.523. The van der Waals surface area contributed by atoms with Crippen molar-refractivity contribution in [3.05, 3.63) is 21.6 Å². The van der Waals surface area contributed by atoms with Crippen LogP contribution in [0.1, 0.15) is 6.42 Å². The second-order valence-electron chi connectivity index (χ2n) is 3.61. The third-order valence-corrected chi connectivity index (χ3v) is 2.96. The SMILES string of the molecule is COCCOCCCOc1c(N)cc(Cl)cc1Br. The highest BCUT2D eigenvalue weighted by Gasteiger charge is 2.07. The average molecular weight is 339 g/mol. The largest absolute Gasteiger partial charge is 0.490 e. The first-order valence-corrected chi connectivity index (χ1v) is 6.76. The zero-order valence-corrected chi connectivity index (χ0v) is 12.6. The van der Waals surface area contributed by atoms with Crippen molar-refractivity contribution in [1.82, 2.24) is 0 Å². The molecule has 1 aromatic carbocycles. The summed E-state index contributed by atoms with van der Waals surface area (Å²) in [6.45, 7) is 2.38. The van der Waals surface area contributed by atoms with Crippen LogP contribution in [-0.4, -0.2) is 33.5 Å². The molecule has 1 aromatic rings. The Kier molecular flexibility index (Phi) is 7.42. The molecule has 0 saturated carbocycles. The Morgan fingerprint density at radius 3 is 2.67 bits per heavy atom. The number of nitrogens with two attached hydrogens (primary N) is 1. The average Bonchev–Trinajstić information content (AvgIpc) is 2.30. The van der Waals surface area contributed by atoms with E-state index in [0.717, 1.165) is 10.9 Å². The molecule has 0 radical (unpaired) electrons. The first-order chi connectivity index (χ1) is 8.65. The summed E-state index contributed by atoms with van der Waals surface area (Å²) in [5.74, 6) is 0.622. The van der Waals surface area contributed by atoms with Gasteiger partial charge in [-0.25, -0.2) is 0 Å². The van der Waals surface area contributed by atoms with Gasteiger partial charge in [-0.2, -0.15) is 0 Å². The number of nitrogen functional groups attached to an aromatic ring is 1. The molecule has 18 heavy (non-hydrogen) atoms. The summed E-state index contributed by atoms with van der Waals surface area (Å²) in [5, 5.41) is 0.578. The second-order valence-corrected chi connectivity index (χ2v) is 4.90. The van der Waals surface area contributed by atoms with Gasteiger partial charge >= 0.3 is 0 Å². The van der Waals surface area contributed by atoms with Gasteiger partial charge in [-0.3, -0.25) is 0 Å². The lowest BCUT2D eigenvalue weighted by Crippen LogP contribution is -2.07. The molecule has 0 bridgehead atoms. The van der Waals surface area contributed by atoms with Gasteiger partial charge in [0.05, 0.1) is 30.0 Å². The van der Waals surface area contributed by atoms with Crippen LogP contribution in [-0.2, 0) is 9.47 Å². The van der Waals surface area contributed by atoms with E-state index in [9.17, 15) is 0 Å². The maximum absolute atomic E-state index is 5.86. The van der Waals surface area contributed by atoms with Gasteiger partial charge in [0.2, 0.25) is 0 Å². The van der Waals surface area contributed by atoms with Gasteiger partial charge in [-0.1, -0.05) is 11.6 Å². The minimum atomic E-state index is 0.523. The van der Waals surface area contributed by atoms with E-state index in [0.29, 0.717) is 42.9 Å². The van der Waals surface area contributed by atoms with Crippen LogP contribution in [0.5, 0.6) is 5.75 Å². The Hall–Kier alpha value is -0.490. The number of halogens is 2. The molecule has 0 heterocycles. The number of hydrogen-bond acceptors (Lipinski definition) is 4. The van der Waals surface area contributed by atoms with E-state index in [2.05, 4.69) is 15.9 Å². The second kappa shape index (κ2) is 8.58. The highest BCUT2D eigenvalue weighted by atomic mass is 79.9. The Balaban J connectivity index is 2.27. The lowest BCUT2D eigenvalue weighted by atomic mass is 10.3. The first kappa shape index (κ1) is 15.6. The third-order valence-electron chi connectivity index (χ3n) is 2.15. The van der Waals surface area contributed by atoms with Crippen LogP contribution in [0, 0.1) is 0 Å². The summed E-state index contributed by atoms with van der Waals surface area (Å²) >= 11 is 9.22. The fourth-order valence-electron chi connectivity index (χ4n) is 1.31. The zero-order chi connectivity index (χ0) is 13.4. The van der Waals surface area contributed by atoms with Crippen LogP contribution in [0.25, 0.3) is 0 Å². The van der Waals surface area contributed by atoms with Crippen molar-refractivity contribution in [1.29, 1.82) is 0 Å². The fourth-order valence-corrected chi connectivity index (χ4v) is 2.26. The van der Waals surface area contributed by atoms with Gasteiger partial charge in [0.1, 0.15) is 0 Å². The first-order valence-electron chi connectivity index (χ1n) is 5.59. The summed E-state index contributed by atoms with van der Waals surface area (Å²) in [7, 11) is 1.65. The van der Waals surface area contributed by atoms with Crippen molar-refractivity contribution in [2.45, 2.75) is 6.42 Å². The third kappa shape index (κ3) is 5.44. The maximum atomic E-state index is 5.86. The molecule has 0 saturated heterocycles. The summed E-state index contributed by atoms with van der Waals surface area (Å²) in [6.07, 6.45) is 0.790. The number of methoxy groups -OCH3 is 1. The molecule has 0 atom stereocenters. The zero-order valence-electron chi connectivity index (χ0n) is 10.2. The lowest BCUT2D eigenvalue weighted by molar-refractivity contribution is 0.0644. The standard InChI is InChI=1S/C12H17BrClNO3/c1-16-5-6-17-3-2-4-18-12-10(13)7-9(14)8-11(12)15/h7-8H,2-6,15H2,1H3. The molecule has 2 N–H and O–H groups in total. The number of hydrogen-bond donors (Lipinski definition) is 1. The molecule has 1 rings (SSSR count). The van der Waals surface area contributed by atoms with Gasteiger partial charge in [0.15, 0.2) is 5.75 Å². The van der Waals surface area contributed by atoms with Crippen LogP contribution in [0.3, 0.4) is 0 Å². The predicted molar refractivity (Wildman–Crippen MR) is 76.4 cm³/mol. The Bertz CT molecular complexity index is 353.